The van der Waals surface area contributed by atoms with Crippen LogP contribution in [0.2, 0.25) is 0 Å². The molecule has 0 aliphatic carbocycles. The van der Waals surface area contributed by atoms with Crippen molar-refractivity contribution in [1.82, 2.24) is 24.5 Å². The zero-order valence-electron chi connectivity index (χ0n) is 18.5. The van der Waals surface area contributed by atoms with Crippen LogP contribution in [0.25, 0.3) is 43.9 Å². The number of aromatic amines is 1. The number of halogens is 1. The smallest absolute Gasteiger partial charge is 0.252 e. The molecule has 0 bridgehead atoms. The van der Waals surface area contributed by atoms with E-state index in [0.29, 0.717) is 23.0 Å². The van der Waals surface area contributed by atoms with Gasteiger partial charge in [-0.05, 0) is 66.9 Å². The summed E-state index contributed by atoms with van der Waals surface area (Å²) in [5, 5.41) is 8.02. The molecule has 0 spiro atoms. The van der Waals surface area contributed by atoms with Crippen LogP contribution in [0.3, 0.4) is 0 Å². The molecule has 7 nitrogen and oxygen atoms in total. The molecule has 0 atom stereocenters. The lowest BCUT2D eigenvalue weighted by Crippen LogP contribution is -2.27. The Balaban J connectivity index is 1.43. The molecule has 0 saturated carbocycles. The van der Waals surface area contributed by atoms with Gasteiger partial charge in [-0.15, -0.1) is 11.3 Å². The topological polar surface area (TPSA) is 91.8 Å². The van der Waals surface area contributed by atoms with Crippen LogP contribution in [-0.2, 0) is 10.0 Å². The van der Waals surface area contributed by atoms with E-state index < -0.39 is 10.0 Å². The zero-order chi connectivity index (χ0) is 24.0. The first-order chi connectivity index (χ1) is 17.0. The van der Waals surface area contributed by atoms with Crippen LogP contribution in [0.15, 0.2) is 71.3 Å². The molecule has 1 aliphatic heterocycles. The van der Waals surface area contributed by atoms with Crippen LogP contribution in [0.1, 0.15) is 12.8 Å². The quantitative estimate of drug-likeness (QED) is 0.348. The average Bonchev–Trinajstić information content (AvgIpc) is 3.66. The molecular weight excluding hydrogens is 485 g/mol. The molecule has 1 fully saturated rings. The van der Waals surface area contributed by atoms with Crippen molar-refractivity contribution in [3.05, 3.63) is 72.9 Å². The van der Waals surface area contributed by atoms with Crippen LogP contribution in [0.5, 0.6) is 0 Å². The number of hydrogen-bond donors (Lipinski definition) is 1. The van der Waals surface area contributed by atoms with Crippen molar-refractivity contribution >= 4 is 32.3 Å². The van der Waals surface area contributed by atoms with Gasteiger partial charge >= 0.3 is 0 Å². The first kappa shape index (κ1) is 22.0. The molecule has 0 amide bonds. The van der Waals surface area contributed by atoms with Gasteiger partial charge in [0.1, 0.15) is 16.4 Å². The molecule has 0 unspecified atom stereocenters. The summed E-state index contributed by atoms with van der Waals surface area (Å²) in [6, 6.07) is 15.6. The predicted molar refractivity (Wildman–Crippen MR) is 134 cm³/mol. The molecule has 6 rings (SSSR count). The Labute approximate surface area is 205 Å². The zero-order valence-corrected chi connectivity index (χ0v) is 20.1. The normalized spacial score (nSPS) is 14.7. The molecular formula is C25H20FN5O2S2. The Bertz CT molecular complexity index is 1640. The monoisotopic (exact) mass is 505 g/mol. The number of nitrogens with zero attached hydrogens (tertiary/aromatic N) is 4. The van der Waals surface area contributed by atoms with Crippen molar-refractivity contribution in [3.8, 4) is 33.0 Å². The summed E-state index contributed by atoms with van der Waals surface area (Å²) >= 11 is 1.23. The number of rotatable bonds is 5. The van der Waals surface area contributed by atoms with Crippen LogP contribution in [0, 0.1) is 5.82 Å². The highest BCUT2D eigenvalue weighted by atomic mass is 32.2. The van der Waals surface area contributed by atoms with Gasteiger partial charge in [-0.1, -0.05) is 6.07 Å². The molecule has 35 heavy (non-hydrogen) atoms. The molecule has 176 valence electrons. The van der Waals surface area contributed by atoms with Crippen molar-refractivity contribution in [1.29, 1.82) is 0 Å². The third kappa shape index (κ3) is 3.93. The first-order valence-corrected chi connectivity index (χ1v) is 13.4. The summed E-state index contributed by atoms with van der Waals surface area (Å²) in [4.78, 5) is 9.67. The molecule has 10 heteroatoms. The summed E-state index contributed by atoms with van der Waals surface area (Å²) in [7, 11) is -3.49. The Morgan fingerprint density at radius 2 is 1.71 bits per heavy atom. The minimum atomic E-state index is -3.49. The van der Waals surface area contributed by atoms with E-state index in [0.717, 1.165) is 51.0 Å². The third-order valence-electron chi connectivity index (χ3n) is 6.19. The minimum Gasteiger partial charge on any atom is -0.277 e. The van der Waals surface area contributed by atoms with Crippen LogP contribution in [-0.4, -0.2) is 46.0 Å². The van der Waals surface area contributed by atoms with E-state index in [9.17, 15) is 12.8 Å². The molecule has 2 aromatic carbocycles. The van der Waals surface area contributed by atoms with E-state index >= 15 is 0 Å². The fourth-order valence-electron chi connectivity index (χ4n) is 4.40. The van der Waals surface area contributed by atoms with E-state index in [4.69, 9.17) is 0 Å². The van der Waals surface area contributed by atoms with Gasteiger partial charge in [-0.3, -0.25) is 5.10 Å². The Morgan fingerprint density at radius 3 is 2.51 bits per heavy atom. The maximum atomic E-state index is 13.4. The van der Waals surface area contributed by atoms with Crippen LogP contribution >= 0.6 is 11.3 Å². The van der Waals surface area contributed by atoms with E-state index in [1.807, 2.05) is 24.3 Å². The van der Waals surface area contributed by atoms with Crippen LogP contribution in [0.4, 0.5) is 4.39 Å². The second-order valence-corrected chi connectivity index (χ2v) is 11.6. The standard InChI is InChI=1S/C25H20FN5O2S2/c26-18-6-3-16(4-7-18)24-20(14-29-30-24)17-5-8-21-19(13-17)25(28-15-27-21)22-9-10-23(34-22)35(32,33)31-11-1-2-12-31/h3-10,13-15H,1-2,11-12H2,(H,29,30). The number of H-pyrrole nitrogens is 1. The lowest BCUT2D eigenvalue weighted by atomic mass is 9.99. The Kier molecular flexibility index (Phi) is 5.43. The van der Waals surface area contributed by atoms with Gasteiger partial charge in [0.05, 0.1) is 28.0 Å². The van der Waals surface area contributed by atoms with Crippen molar-refractivity contribution in [3.63, 3.8) is 0 Å². The summed E-state index contributed by atoms with van der Waals surface area (Å²) < 4.78 is 41.3. The van der Waals surface area contributed by atoms with Gasteiger partial charge < -0.3 is 0 Å². The second-order valence-electron chi connectivity index (χ2n) is 8.35. The van der Waals surface area contributed by atoms with Gasteiger partial charge in [-0.25, -0.2) is 22.8 Å². The number of aromatic nitrogens is 4. The molecule has 1 saturated heterocycles. The van der Waals surface area contributed by atoms with Gasteiger partial charge in [-0.2, -0.15) is 9.40 Å². The van der Waals surface area contributed by atoms with Crippen molar-refractivity contribution in [2.45, 2.75) is 17.1 Å². The summed E-state index contributed by atoms with van der Waals surface area (Å²) in [5.74, 6) is -0.302. The predicted octanol–water partition coefficient (Wildman–Crippen LogP) is 5.34. The molecule has 3 aromatic heterocycles. The fraction of sp³-hybridized carbons (Fsp3) is 0.160. The van der Waals surface area contributed by atoms with E-state index in [-0.39, 0.29) is 5.82 Å². The van der Waals surface area contributed by atoms with Gasteiger partial charge in [0.25, 0.3) is 10.0 Å². The lowest BCUT2D eigenvalue weighted by molar-refractivity contribution is 0.479. The maximum Gasteiger partial charge on any atom is 0.252 e. The molecule has 4 heterocycles. The van der Waals surface area contributed by atoms with Gasteiger partial charge in [0.15, 0.2) is 0 Å². The number of thiophene rings is 1. The number of hydrogen-bond acceptors (Lipinski definition) is 6. The molecule has 0 radical (unpaired) electrons. The summed E-state index contributed by atoms with van der Waals surface area (Å²) in [5.41, 5.74) is 4.77. The highest BCUT2D eigenvalue weighted by Crippen LogP contribution is 2.37. The van der Waals surface area contributed by atoms with E-state index in [1.165, 1.54) is 29.8 Å². The number of benzene rings is 2. The largest absolute Gasteiger partial charge is 0.277 e. The number of nitrogens with one attached hydrogen (secondary N) is 1. The van der Waals surface area contributed by atoms with Crippen molar-refractivity contribution < 1.29 is 12.8 Å². The van der Waals surface area contributed by atoms with Gasteiger partial charge in [0.2, 0.25) is 0 Å². The summed E-state index contributed by atoms with van der Waals surface area (Å²) in [6.07, 6.45) is 5.01. The van der Waals surface area contributed by atoms with E-state index in [1.54, 1.807) is 28.7 Å². The number of sulfonamides is 1. The second kappa shape index (κ2) is 8.63. The minimum absolute atomic E-state index is 0.302. The first-order valence-electron chi connectivity index (χ1n) is 11.2. The van der Waals surface area contributed by atoms with Crippen molar-refractivity contribution in [2.75, 3.05) is 13.1 Å². The molecule has 1 aliphatic rings. The molecule has 5 aromatic rings. The lowest BCUT2D eigenvalue weighted by Gasteiger charge is -2.13. The highest BCUT2D eigenvalue weighted by molar-refractivity contribution is 7.91. The van der Waals surface area contributed by atoms with E-state index in [2.05, 4.69) is 20.2 Å². The fourth-order valence-corrected chi connectivity index (χ4v) is 7.39. The average molecular weight is 506 g/mol. The maximum absolute atomic E-state index is 13.4. The Morgan fingerprint density at radius 1 is 0.943 bits per heavy atom. The highest BCUT2D eigenvalue weighted by Gasteiger charge is 2.29. The van der Waals surface area contributed by atoms with Gasteiger partial charge in [0, 0.05) is 29.6 Å². The van der Waals surface area contributed by atoms with Crippen LogP contribution < -0.4 is 0 Å². The third-order valence-corrected chi connectivity index (χ3v) is 9.65. The Hall–Kier alpha value is -3.47. The SMILES string of the molecule is O=S(=O)(c1ccc(-c2ncnc3ccc(-c4cn[nH]c4-c4ccc(F)cc4)cc23)s1)N1CCCC1. The molecule has 1 N–H and O–H groups in total. The summed E-state index contributed by atoms with van der Waals surface area (Å²) in [6.45, 7) is 1.13. The van der Waals surface area contributed by atoms with Crippen molar-refractivity contribution in [2.24, 2.45) is 0 Å². The number of fused-ring (bicyclic) bond motifs is 1.